The third-order valence-electron chi connectivity index (χ3n) is 4.71. The summed E-state index contributed by atoms with van der Waals surface area (Å²) in [4.78, 5) is 23.0. The smallest absolute Gasteiger partial charge is 0.409 e. The molecule has 7 nitrogen and oxygen atoms in total. The number of nitrogens with one attached hydrogen (secondary N) is 2. The van der Waals surface area contributed by atoms with Crippen LogP contribution in [0.25, 0.3) is 11.3 Å². The van der Waals surface area contributed by atoms with Crippen molar-refractivity contribution in [3.63, 3.8) is 0 Å². The van der Waals surface area contributed by atoms with E-state index in [2.05, 4.69) is 22.5 Å². The van der Waals surface area contributed by atoms with Gasteiger partial charge >= 0.3 is 6.09 Å². The summed E-state index contributed by atoms with van der Waals surface area (Å²) in [7, 11) is 0. The molecule has 3 rings (SSSR count). The summed E-state index contributed by atoms with van der Waals surface area (Å²) < 4.78 is 5.09. The van der Waals surface area contributed by atoms with Gasteiger partial charge in [0, 0.05) is 37.3 Å². The van der Waals surface area contributed by atoms with Crippen LogP contribution in [0.3, 0.4) is 0 Å². The number of amides is 1. The van der Waals surface area contributed by atoms with Crippen molar-refractivity contribution >= 4 is 17.9 Å². The van der Waals surface area contributed by atoms with E-state index in [1.807, 2.05) is 43.3 Å². The molecule has 1 aliphatic rings. The molecule has 0 atom stereocenters. The predicted molar refractivity (Wildman–Crippen MR) is 111 cm³/mol. The molecule has 2 aromatic rings. The zero-order valence-electron chi connectivity index (χ0n) is 16.6. The fourth-order valence-electron chi connectivity index (χ4n) is 3.22. The molecule has 1 fully saturated rings. The molecule has 1 aromatic heterocycles. The van der Waals surface area contributed by atoms with Gasteiger partial charge in [-0.05, 0) is 26.2 Å². The van der Waals surface area contributed by atoms with E-state index in [1.165, 1.54) is 0 Å². The quantitative estimate of drug-likeness (QED) is 0.752. The summed E-state index contributed by atoms with van der Waals surface area (Å²) in [6.07, 6.45) is 2.49. The number of carbonyl (C=O) groups excluding carboxylic acids is 1. The lowest BCUT2D eigenvalue weighted by Gasteiger charge is -2.31. The fraction of sp³-hybridized carbons (Fsp3) is 0.476. The third-order valence-corrected chi connectivity index (χ3v) is 4.71. The number of hydrogen-bond acceptors (Lipinski definition) is 6. The average Bonchev–Trinajstić information content (AvgIpc) is 2.73. The molecule has 1 saturated heterocycles. The van der Waals surface area contributed by atoms with E-state index < -0.39 is 0 Å². The topological polar surface area (TPSA) is 79.4 Å². The number of nitrogens with zero attached hydrogens (tertiary/aromatic N) is 3. The first-order valence-corrected chi connectivity index (χ1v) is 10.1. The first-order chi connectivity index (χ1) is 13.7. The molecule has 28 heavy (non-hydrogen) atoms. The highest BCUT2D eigenvalue weighted by Gasteiger charge is 2.24. The van der Waals surface area contributed by atoms with Crippen LogP contribution < -0.4 is 10.6 Å². The Kier molecular flexibility index (Phi) is 7.06. The Morgan fingerprint density at radius 3 is 2.61 bits per heavy atom. The van der Waals surface area contributed by atoms with E-state index >= 15 is 0 Å². The zero-order valence-corrected chi connectivity index (χ0v) is 16.6. The van der Waals surface area contributed by atoms with Gasteiger partial charge in [-0.1, -0.05) is 37.3 Å². The summed E-state index contributed by atoms with van der Waals surface area (Å²) in [5.74, 6) is 1.44. The van der Waals surface area contributed by atoms with Gasteiger partial charge in [-0.3, -0.25) is 0 Å². The van der Waals surface area contributed by atoms with Gasteiger partial charge < -0.3 is 20.3 Å². The highest BCUT2D eigenvalue weighted by molar-refractivity contribution is 5.67. The van der Waals surface area contributed by atoms with Gasteiger partial charge in [0.05, 0.1) is 12.3 Å². The Labute approximate surface area is 166 Å². The lowest BCUT2D eigenvalue weighted by atomic mass is 10.1. The first kappa shape index (κ1) is 19.9. The number of rotatable bonds is 7. The van der Waals surface area contributed by atoms with Crippen LogP contribution in [0.2, 0.25) is 0 Å². The minimum Gasteiger partial charge on any atom is -0.450 e. The minimum atomic E-state index is -0.227. The summed E-state index contributed by atoms with van der Waals surface area (Å²) in [5.41, 5.74) is 1.95. The molecule has 2 N–H and O–H groups in total. The lowest BCUT2D eigenvalue weighted by Crippen LogP contribution is -2.42. The van der Waals surface area contributed by atoms with Crippen molar-refractivity contribution in [2.24, 2.45) is 0 Å². The Morgan fingerprint density at radius 2 is 1.93 bits per heavy atom. The maximum atomic E-state index is 11.9. The highest BCUT2D eigenvalue weighted by atomic mass is 16.6. The van der Waals surface area contributed by atoms with E-state index in [0.29, 0.717) is 25.6 Å². The monoisotopic (exact) mass is 383 g/mol. The van der Waals surface area contributed by atoms with Crippen molar-refractivity contribution in [2.75, 3.05) is 36.9 Å². The molecule has 0 bridgehead atoms. The second kappa shape index (κ2) is 9.92. The minimum absolute atomic E-state index is 0.227. The SMILES string of the molecule is CCCNc1cc(-c2ccccc2)nc(NC2CCN(C(=O)OCC)CC2)n1. The van der Waals surface area contributed by atoms with Crippen molar-refractivity contribution in [1.82, 2.24) is 14.9 Å². The van der Waals surface area contributed by atoms with Crippen LogP contribution >= 0.6 is 0 Å². The third kappa shape index (κ3) is 5.34. The molecule has 0 spiro atoms. The molecule has 150 valence electrons. The van der Waals surface area contributed by atoms with Gasteiger partial charge in [-0.2, -0.15) is 4.98 Å². The van der Waals surface area contributed by atoms with Gasteiger partial charge in [0.2, 0.25) is 5.95 Å². The number of ether oxygens (including phenoxy) is 1. The Hall–Kier alpha value is -2.83. The standard InChI is InChI=1S/C21H29N5O2/c1-3-12-22-19-15-18(16-8-6-5-7-9-16)24-20(25-19)23-17-10-13-26(14-11-17)21(27)28-4-2/h5-9,15,17H,3-4,10-14H2,1-2H3,(H2,22,23,24,25). The summed E-state index contributed by atoms with van der Waals surface area (Å²) in [5, 5.41) is 6.82. The molecule has 7 heteroatoms. The number of anilines is 2. The molecule has 0 saturated carbocycles. The molecule has 1 aromatic carbocycles. The Balaban J connectivity index is 1.70. The lowest BCUT2D eigenvalue weighted by molar-refractivity contribution is 0.0983. The molecular weight excluding hydrogens is 354 g/mol. The van der Waals surface area contributed by atoms with E-state index in [4.69, 9.17) is 9.72 Å². The molecule has 0 unspecified atom stereocenters. The summed E-state index contributed by atoms with van der Waals surface area (Å²) >= 11 is 0. The normalized spacial score (nSPS) is 14.6. The molecule has 1 aliphatic heterocycles. The van der Waals surface area contributed by atoms with E-state index in [-0.39, 0.29) is 12.1 Å². The maximum Gasteiger partial charge on any atom is 0.409 e. The van der Waals surface area contributed by atoms with Gasteiger partial charge in [0.25, 0.3) is 0 Å². The van der Waals surface area contributed by atoms with E-state index in [1.54, 1.807) is 4.90 Å². The summed E-state index contributed by atoms with van der Waals surface area (Å²) in [6, 6.07) is 12.3. The summed E-state index contributed by atoms with van der Waals surface area (Å²) in [6.45, 7) is 6.58. The number of aromatic nitrogens is 2. The molecule has 2 heterocycles. The molecule has 1 amide bonds. The van der Waals surface area contributed by atoms with Crippen molar-refractivity contribution in [2.45, 2.75) is 39.2 Å². The highest BCUT2D eigenvalue weighted by Crippen LogP contribution is 2.23. The van der Waals surface area contributed by atoms with Crippen molar-refractivity contribution in [1.29, 1.82) is 0 Å². The van der Waals surface area contributed by atoms with E-state index in [9.17, 15) is 4.79 Å². The van der Waals surface area contributed by atoms with Crippen LogP contribution in [0, 0.1) is 0 Å². The van der Waals surface area contributed by atoms with E-state index in [0.717, 1.165) is 42.9 Å². The number of hydrogen-bond donors (Lipinski definition) is 2. The van der Waals surface area contributed by atoms with Crippen LogP contribution in [0.1, 0.15) is 33.1 Å². The van der Waals surface area contributed by atoms with Crippen LogP contribution in [0.5, 0.6) is 0 Å². The first-order valence-electron chi connectivity index (χ1n) is 10.1. The average molecular weight is 383 g/mol. The molecule has 0 aliphatic carbocycles. The second-order valence-electron chi connectivity index (χ2n) is 6.86. The zero-order chi connectivity index (χ0) is 19.8. The van der Waals surface area contributed by atoms with Crippen LogP contribution in [0.15, 0.2) is 36.4 Å². The second-order valence-corrected chi connectivity index (χ2v) is 6.86. The van der Waals surface area contributed by atoms with Crippen molar-refractivity contribution < 1.29 is 9.53 Å². The van der Waals surface area contributed by atoms with Crippen LogP contribution in [-0.4, -0.2) is 53.2 Å². The number of benzene rings is 1. The number of piperidine rings is 1. The van der Waals surface area contributed by atoms with Crippen molar-refractivity contribution in [3.8, 4) is 11.3 Å². The van der Waals surface area contributed by atoms with Gasteiger partial charge in [0.15, 0.2) is 0 Å². The molecule has 0 radical (unpaired) electrons. The van der Waals surface area contributed by atoms with Crippen LogP contribution in [0.4, 0.5) is 16.6 Å². The van der Waals surface area contributed by atoms with Crippen LogP contribution in [-0.2, 0) is 4.74 Å². The largest absolute Gasteiger partial charge is 0.450 e. The Bertz CT molecular complexity index is 761. The number of carbonyl (C=O) groups is 1. The molecular formula is C21H29N5O2. The van der Waals surface area contributed by atoms with Gasteiger partial charge in [-0.15, -0.1) is 0 Å². The van der Waals surface area contributed by atoms with Gasteiger partial charge in [0.1, 0.15) is 5.82 Å². The van der Waals surface area contributed by atoms with Gasteiger partial charge in [-0.25, -0.2) is 9.78 Å². The fourth-order valence-corrected chi connectivity index (χ4v) is 3.22. The number of likely N-dealkylation sites (tertiary alicyclic amines) is 1. The van der Waals surface area contributed by atoms with Crippen molar-refractivity contribution in [3.05, 3.63) is 36.4 Å². The maximum absolute atomic E-state index is 11.9. The predicted octanol–water partition coefficient (Wildman–Crippen LogP) is 4.00. The Morgan fingerprint density at radius 1 is 1.18 bits per heavy atom.